The lowest BCUT2D eigenvalue weighted by molar-refractivity contribution is 0.299. The van der Waals surface area contributed by atoms with Crippen LogP contribution in [-0.4, -0.2) is 43.9 Å². The molecule has 7 heteroatoms. The molecule has 0 aliphatic carbocycles. The fraction of sp³-hybridized carbons (Fsp3) is 0.500. The van der Waals surface area contributed by atoms with Crippen LogP contribution in [-0.2, 0) is 10.0 Å². The summed E-state index contributed by atoms with van der Waals surface area (Å²) < 4.78 is 26.2. The quantitative estimate of drug-likeness (QED) is 0.862. The number of nitriles is 1. The van der Waals surface area contributed by atoms with E-state index >= 15 is 0 Å². The number of pyridine rings is 1. The number of nitrogens with zero attached hydrogens (tertiary/aromatic N) is 3. The van der Waals surface area contributed by atoms with Crippen LogP contribution in [0.5, 0.6) is 0 Å². The molecule has 0 saturated carbocycles. The highest BCUT2D eigenvalue weighted by Crippen LogP contribution is 2.18. The third-order valence-corrected chi connectivity index (χ3v) is 5.10. The number of rotatable bonds is 3. The van der Waals surface area contributed by atoms with Gasteiger partial charge in [-0.2, -0.15) is 9.57 Å². The lowest BCUT2D eigenvalue weighted by Gasteiger charge is -2.30. The molecule has 19 heavy (non-hydrogen) atoms. The standard InChI is InChI=1S/C12H16N4O2S/c1-16(11-3-2-5-14-9-11)19(17,18)12-7-10(8-13)4-6-15-12/h4,6-7,11,14H,2-3,5,9H2,1H3. The number of piperidine rings is 1. The van der Waals surface area contributed by atoms with Crippen LogP contribution in [0.2, 0.25) is 0 Å². The zero-order valence-electron chi connectivity index (χ0n) is 10.7. The van der Waals surface area contributed by atoms with Crippen LogP contribution in [0.25, 0.3) is 0 Å². The van der Waals surface area contributed by atoms with Crippen molar-refractivity contribution in [2.24, 2.45) is 0 Å². The number of nitrogens with one attached hydrogen (secondary N) is 1. The topological polar surface area (TPSA) is 86.1 Å². The summed E-state index contributed by atoms with van der Waals surface area (Å²) in [5.41, 5.74) is 0.295. The van der Waals surface area contributed by atoms with E-state index in [1.807, 2.05) is 6.07 Å². The summed E-state index contributed by atoms with van der Waals surface area (Å²) in [4.78, 5) is 3.87. The van der Waals surface area contributed by atoms with Gasteiger partial charge in [-0.15, -0.1) is 0 Å². The Morgan fingerprint density at radius 2 is 2.37 bits per heavy atom. The third kappa shape index (κ3) is 2.92. The lowest BCUT2D eigenvalue weighted by atomic mass is 10.1. The summed E-state index contributed by atoms with van der Waals surface area (Å²) in [6.07, 6.45) is 3.13. The van der Waals surface area contributed by atoms with Gasteiger partial charge in [0.2, 0.25) is 0 Å². The van der Waals surface area contributed by atoms with Crippen molar-refractivity contribution in [1.82, 2.24) is 14.6 Å². The largest absolute Gasteiger partial charge is 0.315 e. The summed E-state index contributed by atoms with van der Waals surface area (Å²) >= 11 is 0. The molecule has 0 bridgehead atoms. The van der Waals surface area contributed by atoms with E-state index in [2.05, 4.69) is 10.3 Å². The highest BCUT2D eigenvalue weighted by molar-refractivity contribution is 7.89. The number of hydrogen-bond donors (Lipinski definition) is 1. The van der Waals surface area contributed by atoms with E-state index in [0.717, 1.165) is 19.4 Å². The highest BCUT2D eigenvalue weighted by atomic mass is 32.2. The van der Waals surface area contributed by atoms with Gasteiger partial charge >= 0.3 is 0 Å². The van der Waals surface area contributed by atoms with Crippen LogP contribution in [0, 0.1) is 11.3 Å². The van der Waals surface area contributed by atoms with Gasteiger partial charge < -0.3 is 5.32 Å². The molecule has 0 radical (unpaired) electrons. The smallest absolute Gasteiger partial charge is 0.260 e. The average molecular weight is 280 g/mol. The Kier molecular flexibility index (Phi) is 4.14. The average Bonchev–Trinajstić information content (AvgIpc) is 2.47. The van der Waals surface area contributed by atoms with E-state index < -0.39 is 10.0 Å². The molecule has 1 N–H and O–H groups in total. The number of aromatic nitrogens is 1. The molecule has 1 fully saturated rings. The van der Waals surface area contributed by atoms with Crippen molar-refractivity contribution >= 4 is 10.0 Å². The Hall–Kier alpha value is -1.49. The summed E-state index contributed by atoms with van der Waals surface area (Å²) in [6.45, 7) is 1.57. The zero-order valence-corrected chi connectivity index (χ0v) is 11.5. The predicted molar refractivity (Wildman–Crippen MR) is 69.8 cm³/mol. The molecule has 2 heterocycles. The molecule has 1 unspecified atom stereocenters. The summed E-state index contributed by atoms with van der Waals surface area (Å²) in [6, 6.07) is 4.65. The second-order valence-electron chi connectivity index (χ2n) is 4.52. The minimum Gasteiger partial charge on any atom is -0.315 e. The fourth-order valence-electron chi connectivity index (χ4n) is 2.11. The van der Waals surface area contributed by atoms with Crippen molar-refractivity contribution in [3.05, 3.63) is 23.9 Å². The molecule has 1 atom stereocenters. The maximum atomic E-state index is 12.4. The first-order chi connectivity index (χ1) is 9.05. The molecule has 1 aromatic heterocycles. The summed E-state index contributed by atoms with van der Waals surface area (Å²) in [5, 5.41) is 11.9. The maximum absolute atomic E-state index is 12.4. The predicted octanol–water partition coefficient (Wildman–Crippen LogP) is 0.326. The molecule has 1 aliphatic rings. The van der Waals surface area contributed by atoms with Crippen molar-refractivity contribution < 1.29 is 8.42 Å². The maximum Gasteiger partial charge on any atom is 0.260 e. The molecule has 2 rings (SSSR count). The molecule has 102 valence electrons. The van der Waals surface area contributed by atoms with Gasteiger partial charge in [0.05, 0.1) is 11.6 Å². The Balaban J connectivity index is 2.28. The molecule has 1 aliphatic heterocycles. The van der Waals surface area contributed by atoms with E-state index in [4.69, 9.17) is 5.26 Å². The molecule has 0 amide bonds. The minimum atomic E-state index is -3.64. The first kappa shape index (κ1) is 13.9. The van der Waals surface area contributed by atoms with Crippen LogP contribution in [0.15, 0.2) is 23.4 Å². The minimum absolute atomic E-state index is 0.0636. The van der Waals surface area contributed by atoms with Crippen molar-refractivity contribution in [2.45, 2.75) is 23.9 Å². The van der Waals surface area contributed by atoms with Gasteiger partial charge in [-0.05, 0) is 31.5 Å². The van der Waals surface area contributed by atoms with Crippen molar-refractivity contribution in [3.8, 4) is 6.07 Å². The van der Waals surface area contributed by atoms with Gasteiger partial charge in [0, 0.05) is 25.8 Å². The highest BCUT2D eigenvalue weighted by Gasteiger charge is 2.30. The fourth-order valence-corrected chi connectivity index (χ4v) is 3.45. The van der Waals surface area contributed by atoms with E-state index in [9.17, 15) is 8.42 Å². The third-order valence-electron chi connectivity index (χ3n) is 3.29. The Bertz CT molecular complexity index is 588. The van der Waals surface area contributed by atoms with Crippen LogP contribution in [0.3, 0.4) is 0 Å². The molecular formula is C12H16N4O2S. The van der Waals surface area contributed by atoms with Crippen molar-refractivity contribution in [1.29, 1.82) is 5.26 Å². The number of sulfonamides is 1. The normalized spacial score (nSPS) is 20.2. The van der Waals surface area contributed by atoms with Gasteiger partial charge in [-0.3, -0.25) is 0 Å². The summed E-state index contributed by atoms with van der Waals surface area (Å²) in [5.74, 6) is 0. The molecule has 0 aromatic carbocycles. The Labute approximate surface area is 113 Å². The molecule has 6 nitrogen and oxygen atoms in total. The van der Waals surface area contributed by atoms with E-state index in [1.54, 1.807) is 7.05 Å². The first-order valence-electron chi connectivity index (χ1n) is 6.10. The number of hydrogen-bond acceptors (Lipinski definition) is 5. The van der Waals surface area contributed by atoms with Gasteiger partial charge in [0.25, 0.3) is 10.0 Å². The molecule has 1 saturated heterocycles. The van der Waals surface area contributed by atoms with Gasteiger partial charge in [0.1, 0.15) is 0 Å². The second-order valence-corrected chi connectivity index (χ2v) is 6.46. The molecular weight excluding hydrogens is 264 g/mol. The molecule has 1 aromatic rings. The number of likely N-dealkylation sites (N-methyl/N-ethyl adjacent to an activating group) is 1. The van der Waals surface area contributed by atoms with Crippen LogP contribution in [0.1, 0.15) is 18.4 Å². The van der Waals surface area contributed by atoms with Crippen molar-refractivity contribution in [3.63, 3.8) is 0 Å². The first-order valence-corrected chi connectivity index (χ1v) is 7.54. The van der Waals surface area contributed by atoms with Crippen LogP contribution in [0.4, 0.5) is 0 Å². The van der Waals surface area contributed by atoms with E-state index in [-0.39, 0.29) is 11.1 Å². The van der Waals surface area contributed by atoms with Gasteiger partial charge in [0.15, 0.2) is 5.03 Å². The summed E-state index contributed by atoms with van der Waals surface area (Å²) in [7, 11) is -2.08. The second kappa shape index (κ2) is 5.65. The van der Waals surface area contributed by atoms with E-state index in [0.29, 0.717) is 12.1 Å². The van der Waals surface area contributed by atoms with Gasteiger partial charge in [-0.1, -0.05) is 0 Å². The lowest BCUT2D eigenvalue weighted by Crippen LogP contribution is -2.46. The van der Waals surface area contributed by atoms with E-state index in [1.165, 1.54) is 22.6 Å². The zero-order chi connectivity index (χ0) is 13.9. The van der Waals surface area contributed by atoms with Crippen LogP contribution < -0.4 is 5.32 Å². The molecule has 0 spiro atoms. The Morgan fingerprint density at radius 3 is 3.00 bits per heavy atom. The monoisotopic (exact) mass is 280 g/mol. The SMILES string of the molecule is CN(C1CCCNC1)S(=O)(=O)c1cc(C#N)ccn1. The van der Waals surface area contributed by atoms with Gasteiger partial charge in [-0.25, -0.2) is 13.4 Å². The van der Waals surface area contributed by atoms with Crippen LogP contribution >= 0.6 is 0 Å². The van der Waals surface area contributed by atoms with Crippen molar-refractivity contribution in [2.75, 3.05) is 20.1 Å². The Morgan fingerprint density at radius 1 is 1.58 bits per heavy atom.